The third-order valence-electron chi connectivity index (χ3n) is 10.1. The fourth-order valence-electron chi connectivity index (χ4n) is 8.05. The minimum absolute atomic E-state index is 0.0692. The molecule has 0 fully saturated rings. The van der Waals surface area contributed by atoms with Crippen molar-refractivity contribution in [2.24, 2.45) is 0 Å². The lowest BCUT2D eigenvalue weighted by Gasteiger charge is -2.25. The Morgan fingerprint density at radius 3 is 2.12 bits per heavy atom. The van der Waals surface area contributed by atoms with Crippen LogP contribution in [0.25, 0.3) is 55.8 Å². The van der Waals surface area contributed by atoms with Gasteiger partial charge in [-0.15, -0.1) is 0 Å². The van der Waals surface area contributed by atoms with Crippen LogP contribution in [0, 0.1) is 6.92 Å². The maximum atomic E-state index is 2.54. The molecule has 4 aromatic carbocycles. The summed E-state index contributed by atoms with van der Waals surface area (Å²) < 4.78 is 4.89. The molecule has 42 heavy (non-hydrogen) atoms. The summed E-state index contributed by atoms with van der Waals surface area (Å²) in [5, 5.41) is 2.69. The van der Waals surface area contributed by atoms with Gasteiger partial charge in [0.2, 0.25) is 11.4 Å². The zero-order valence-electron chi connectivity index (χ0n) is 24.3. The number of hydrogen-bond acceptors (Lipinski definition) is 0. The molecule has 200 valence electrons. The molecule has 0 saturated carbocycles. The highest BCUT2D eigenvalue weighted by Gasteiger charge is 2.42. The van der Waals surface area contributed by atoms with Crippen LogP contribution in [0.2, 0.25) is 0 Å². The van der Waals surface area contributed by atoms with Crippen molar-refractivity contribution >= 4 is 22.2 Å². The van der Waals surface area contributed by atoms with Gasteiger partial charge in [-0.2, -0.15) is 9.13 Å². The minimum atomic E-state index is -0.0692. The van der Waals surface area contributed by atoms with Crippen LogP contribution >= 0.6 is 0 Å². The molecule has 2 heteroatoms. The van der Waals surface area contributed by atoms with E-state index in [1.165, 1.54) is 83.6 Å². The second kappa shape index (κ2) is 8.36. The summed E-state index contributed by atoms with van der Waals surface area (Å²) in [7, 11) is 0. The van der Waals surface area contributed by atoms with E-state index in [4.69, 9.17) is 0 Å². The molecular formula is C40H32N2+2. The molecule has 2 aliphatic heterocycles. The Bertz CT molecular complexity index is 2180. The van der Waals surface area contributed by atoms with Gasteiger partial charge in [-0.05, 0) is 80.9 Å². The van der Waals surface area contributed by atoms with Crippen LogP contribution in [0.15, 0.2) is 116 Å². The van der Waals surface area contributed by atoms with Gasteiger partial charge in [-0.25, -0.2) is 0 Å². The fourth-order valence-corrected chi connectivity index (χ4v) is 8.05. The standard InChI is InChI=1S/C40H32N2/c1-25-11-10-14-29-31(25)24-38(41-19-8-6-15-35(29)41)37-22-27-21-34-33(23-32(27)36-16-7-9-20-42(36)37)30-18-17-26-12-4-5-13-28(26)39(30)40(34,2)3/h4-21,23H,22,24H2,1-3H3/q+2/b38-37+. The van der Waals surface area contributed by atoms with Gasteiger partial charge in [0.15, 0.2) is 12.4 Å². The van der Waals surface area contributed by atoms with Crippen LogP contribution < -0.4 is 9.13 Å². The number of aromatic nitrogens is 2. The fraction of sp³-hybridized carbons (Fsp3) is 0.150. The highest BCUT2D eigenvalue weighted by Crippen LogP contribution is 2.53. The van der Waals surface area contributed by atoms with Crippen molar-refractivity contribution in [1.82, 2.24) is 0 Å². The Balaban J connectivity index is 1.30. The summed E-state index contributed by atoms with van der Waals surface area (Å²) in [6, 6.07) is 38.5. The normalized spacial score (nSPS) is 17.1. The summed E-state index contributed by atoms with van der Waals surface area (Å²) in [5.41, 5.74) is 17.8. The molecule has 0 N–H and O–H groups in total. The van der Waals surface area contributed by atoms with E-state index in [1.54, 1.807) is 0 Å². The van der Waals surface area contributed by atoms with E-state index in [-0.39, 0.29) is 5.41 Å². The van der Waals surface area contributed by atoms with Crippen molar-refractivity contribution in [2.45, 2.75) is 39.0 Å². The first-order valence-electron chi connectivity index (χ1n) is 15.0. The average molecular weight is 541 g/mol. The molecule has 0 saturated heterocycles. The van der Waals surface area contributed by atoms with E-state index in [0.29, 0.717) is 0 Å². The Hall–Kier alpha value is -4.82. The number of nitrogens with zero attached hydrogens (tertiary/aromatic N) is 2. The maximum Gasteiger partial charge on any atom is 0.259 e. The molecule has 2 nitrogen and oxygen atoms in total. The van der Waals surface area contributed by atoms with Crippen LogP contribution in [-0.2, 0) is 18.3 Å². The Morgan fingerprint density at radius 2 is 1.31 bits per heavy atom. The topological polar surface area (TPSA) is 7.76 Å². The van der Waals surface area contributed by atoms with Crippen LogP contribution in [0.1, 0.15) is 41.7 Å². The van der Waals surface area contributed by atoms with Gasteiger partial charge in [-0.3, -0.25) is 0 Å². The second-order valence-corrected chi connectivity index (χ2v) is 12.6. The Kier molecular flexibility index (Phi) is 4.75. The van der Waals surface area contributed by atoms with Crippen molar-refractivity contribution in [3.8, 4) is 33.6 Å². The molecule has 9 rings (SSSR count). The molecule has 0 spiro atoms. The summed E-state index contributed by atoms with van der Waals surface area (Å²) in [4.78, 5) is 0. The lowest BCUT2D eigenvalue weighted by Crippen LogP contribution is -2.47. The first-order chi connectivity index (χ1) is 20.5. The molecule has 1 aliphatic carbocycles. The minimum Gasteiger partial charge on any atom is -0.158 e. The molecule has 6 aromatic rings. The highest BCUT2D eigenvalue weighted by atomic mass is 15.1. The van der Waals surface area contributed by atoms with E-state index < -0.39 is 0 Å². The summed E-state index contributed by atoms with van der Waals surface area (Å²) in [5.74, 6) is 0. The molecule has 2 aromatic heterocycles. The quantitative estimate of drug-likeness (QED) is 0.171. The smallest absolute Gasteiger partial charge is 0.158 e. The van der Waals surface area contributed by atoms with Crippen LogP contribution in [0.5, 0.6) is 0 Å². The number of rotatable bonds is 0. The van der Waals surface area contributed by atoms with Crippen molar-refractivity contribution in [3.63, 3.8) is 0 Å². The highest BCUT2D eigenvalue weighted by molar-refractivity contribution is 5.98. The van der Waals surface area contributed by atoms with Crippen molar-refractivity contribution in [3.05, 3.63) is 143 Å². The monoisotopic (exact) mass is 540 g/mol. The van der Waals surface area contributed by atoms with E-state index in [2.05, 4.69) is 145 Å². The van der Waals surface area contributed by atoms with E-state index >= 15 is 0 Å². The van der Waals surface area contributed by atoms with E-state index in [1.807, 2.05) is 0 Å². The van der Waals surface area contributed by atoms with Crippen molar-refractivity contribution in [2.75, 3.05) is 0 Å². The number of aryl methyl sites for hydroxylation is 1. The lowest BCUT2D eigenvalue weighted by molar-refractivity contribution is -0.602. The van der Waals surface area contributed by atoms with Gasteiger partial charge in [0.05, 0.1) is 24.0 Å². The summed E-state index contributed by atoms with van der Waals surface area (Å²) >= 11 is 0. The van der Waals surface area contributed by atoms with Gasteiger partial charge in [0, 0.05) is 29.7 Å². The van der Waals surface area contributed by atoms with Crippen LogP contribution in [0.4, 0.5) is 0 Å². The third-order valence-corrected chi connectivity index (χ3v) is 10.1. The van der Waals surface area contributed by atoms with Gasteiger partial charge < -0.3 is 0 Å². The zero-order chi connectivity index (χ0) is 28.2. The van der Waals surface area contributed by atoms with Gasteiger partial charge in [0.25, 0.3) is 11.4 Å². The van der Waals surface area contributed by atoms with Crippen LogP contribution in [-0.4, -0.2) is 0 Å². The van der Waals surface area contributed by atoms with Gasteiger partial charge in [-0.1, -0.05) is 68.4 Å². The molecule has 0 atom stereocenters. The van der Waals surface area contributed by atoms with Gasteiger partial charge in [0.1, 0.15) is 0 Å². The summed E-state index contributed by atoms with van der Waals surface area (Å²) in [6.07, 6.45) is 6.32. The molecule has 3 aliphatic rings. The average Bonchev–Trinajstić information content (AvgIpc) is 3.25. The van der Waals surface area contributed by atoms with Crippen LogP contribution in [0.3, 0.4) is 0 Å². The van der Waals surface area contributed by atoms with Crippen molar-refractivity contribution in [1.29, 1.82) is 0 Å². The number of benzene rings is 4. The number of fused-ring (bicyclic) bond motifs is 11. The summed E-state index contributed by atoms with van der Waals surface area (Å²) in [6.45, 7) is 7.08. The maximum absolute atomic E-state index is 2.54. The molecular weight excluding hydrogens is 508 g/mol. The molecule has 0 unspecified atom stereocenters. The van der Waals surface area contributed by atoms with Crippen molar-refractivity contribution < 1.29 is 9.13 Å². The second-order valence-electron chi connectivity index (χ2n) is 12.6. The zero-order valence-corrected chi connectivity index (χ0v) is 24.3. The predicted octanol–water partition coefficient (Wildman–Crippen LogP) is 8.30. The molecule has 0 amide bonds. The predicted molar refractivity (Wildman–Crippen MR) is 171 cm³/mol. The van der Waals surface area contributed by atoms with E-state index in [0.717, 1.165) is 12.8 Å². The number of hydrogen-bond donors (Lipinski definition) is 0. The Labute approximate surface area is 246 Å². The first kappa shape index (κ1) is 23.8. The number of pyridine rings is 2. The van der Waals surface area contributed by atoms with Gasteiger partial charge >= 0.3 is 0 Å². The lowest BCUT2D eigenvalue weighted by atomic mass is 9.79. The first-order valence-corrected chi connectivity index (χ1v) is 15.0. The largest absolute Gasteiger partial charge is 0.259 e. The molecule has 0 bridgehead atoms. The SMILES string of the molecule is Cc1cccc2c1C/C(=C1/Cc3cc4c(cc3-c3cccc[n+]31)-c1ccc3ccccc3c1C4(C)C)[n+]1ccccc1-2. The number of allylic oxidation sites excluding steroid dienone is 2. The molecule has 4 heterocycles. The van der Waals surface area contributed by atoms with E-state index in [9.17, 15) is 0 Å². The Morgan fingerprint density at radius 1 is 0.595 bits per heavy atom. The molecule has 0 radical (unpaired) electrons. The third kappa shape index (κ3) is 3.10.